The molecule has 0 radical (unpaired) electrons. The summed E-state index contributed by atoms with van der Waals surface area (Å²) in [6.07, 6.45) is 0.854. The first kappa shape index (κ1) is 11.9. The first-order valence-electron chi connectivity index (χ1n) is 4.99. The Kier molecular flexibility index (Phi) is 4.31. The van der Waals surface area contributed by atoms with Crippen molar-refractivity contribution in [3.63, 3.8) is 0 Å². The third kappa shape index (κ3) is 2.91. The molecule has 0 aromatic heterocycles. The van der Waals surface area contributed by atoms with Gasteiger partial charge in [0.25, 0.3) is 10.2 Å². The number of rotatable bonds is 4. The van der Waals surface area contributed by atoms with Crippen LogP contribution in [0, 0.1) is 5.92 Å². The Morgan fingerprint density at radius 1 is 1.57 bits per heavy atom. The van der Waals surface area contributed by atoms with Gasteiger partial charge in [-0.1, -0.05) is 6.92 Å². The third-order valence-corrected chi connectivity index (χ3v) is 3.86. The maximum atomic E-state index is 11.5. The normalized spacial score (nSPS) is 27.7. The van der Waals surface area contributed by atoms with Gasteiger partial charge >= 0.3 is 0 Å². The molecular weight excluding hydrogens is 202 g/mol. The summed E-state index contributed by atoms with van der Waals surface area (Å²) in [5.41, 5.74) is 0. The average molecular weight is 221 g/mol. The maximum absolute atomic E-state index is 11.5. The summed E-state index contributed by atoms with van der Waals surface area (Å²) in [7, 11) is -1.30. The van der Waals surface area contributed by atoms with Crippen LogP contribution < -0.4 is 10.0 Å². The molecule has 84 valence electrons. The zero-order valence-corrected chi connectivity index (χ0v) is 9.60. The lowest BCUT2D eigenvalue weighted by Gasteiger charge is -2.32. The summed E-state index contributed by atoms with van der Waals surface area (Å²) in [4.78, 5) is 0. The van der Waals surface area contributed by atoms with Gasteiger partial charge in [-0.15, -0.1) is 0 Å². The standard InChI is InChI=1S/C8H19N3O2S/c1-3-4-11-7-8(5-9-2)6-10-14(11,12)13/h8-10H,3-7H2,1-2H3. The molecule has 0 spiro atoms. The second-order valence-corrected chi connectivity index (χ2v) is 5.39. The number of hydrogen-bond acceptors (Lipinski definition) is 3. The summed E-state index contributed by atoms with van der Waals surface area (Å²) in [5.74, 6) is 0.370. The highest BCUT2D eigenvalue weighted by molar-refractivity contribution is 7.87. The average Bonchev–Trinajstić information content (AvgIpc) is 2.12. The minimum Gasteiger partial charge on any atom is -0.319 e. The minimum absolute atomic E-state index is 0.370. The smallest absolute Gasteiger partial charge is 0.279 e. The predicted molar refractivity (Wildman–Crippen MR) is 56.2 cm³/mol. The van der Waals surface area contributed by atoms with Crippen molar-refractivity contribution >= 4 is 10.2 Å². The van der Waals surface area contributed by atoms with Crippen LogP contribution in [0.3, 0.4) is 0 Å². The van der Waals surface area contributed by atoms with Crippen molar-refractivity contribution in [1.82, 2.24) is 14.3 Å². The van der Waals surface area contributed by atoms with Crippen molar-refractivity contribution in [2.75, 3.05) is 33.2 Å². The summed E-state index contributed by atoms with van der Waals surface area (Å²) in [6, 6.07) is 0. The van der Waals surface area contributed by atoms with Gasteiger partial charge < -0.3 is 5.32 Å². The molecule has 0 aromatic rings. The molecule has 1 saturated heterocycles. The van der Waals surface area contributed by atoms with Gasteiger partial charge in [0.2, 0.25) is 0 Å². The lowest BCUT2D eigenvalue weighted by atomic mass is 10.1. The zero-order valence-electron chi connectivity index (χ0n) is 8.78. The fourth-order valence-corrected chi connectivity index (χ4v) is 3.11. The Morgan fingerprint density at radius 2 is 2.29 bits per heavy atom. The molecule has 2 N–H and O–H groups in total. The fourth-order valence-electron chi connectivity index (χ4n) is 1.65. The van der Waals surface area contributed by atoms with Crippen LogP contribution in [0.15, 0.2) is 0 Å². The van der Waals surface area contributed by atoms with Crippen LogP contribution in [0.25, 0.3) is 0 Å². The Labute approximate surface area is 86.0 Å². The third-order valence-electron chi connectivity index (χ3n) is 2.32. The fraction of sp³-hybridized carbons (Fsp3) is 1.00. The quantitative estimate of drug-likeness (QED) is 0.665. The first-order chi connectivity index (χ1) is 6.60. The SMILES string of the molecule is CCCN1CC(CNC)CNS1(=O)=O. The van der Waals surface area contributed by atoms with Crippen LogP contribution in [0.4, 0.5) is 0 Å². The molecule has 1 aliphatic heterocycles. The molecule has 0 amide bonds. The molecule has 0 aromatic carbocycles. The molecule has 1 fully saturated rings. The molecular formula is C8H19N3O2S. The van der Waals surface area contributed by atoms with Crippen molar-refractivity contribution < 1.29 is 8.42 Å². The minimum atomic E-state index is -3.18. The van der Waals surface area contributed by atoms with E-state index in [1.807, 2.05) is 14.0 Å². The molecule has 1 rings (SSSR count). The van der Waals surface area contributed by atoms with Crippen molar-refractivity contribution in [3.05, 3.63) is 0 Å². The molecule has 0 saturated carbocycles. The molecule has 1 atom stereocenters. The highest BCUT2D eigenvalue weighted by atomic mass is 32.2. The Bertz CT molecular complexity index is 266. The van der Waals surface area contributed by atoms with Gasteiger partial charge in [-0.3, -0.25) is 0 Å². The first-order valence-corrected chi connectivity index (χ1v) is 6.43. The van der Waals surface area contributed by atoms with E-state index in [0.717, 1.165) is 13.0 Å². The Morgan fingerprint density at radius 3 is 2.86 bits per heavy atom. The van der Waals surface area contributed by atoms with Crippen LogP contribution >= 0.6 is 0 Å². The van der Waals surface area contributed by atoms with Gasteiger partial charge in [-0.25, -0.2) is 4.72 Å². The van der Waals surface area contributed by atoms with Crippen molar-refractivity contribution in [2.24, 2.45) is 5.92 Å². The summed E-state index contributed by atoms with van der Waals surface area (Å²) in [6.45, 7) is 4.61. The molecule has 1 aliphatic rings. The van der Waals surface area contributed by atoms with Gasteiger partial charge in [0.15, 0.2) is 0 Å². The van der Waals surface area contributed by atoms with E-state index < -0.39 is 10.2 Å². The van der Waals surface area contributed by atoms with Gasteiger partial charge in [-0.2, -0.15) is 12.7 Å². The largest absolute Gasteiger partial charge is 0.319 e. The van der Waals surface area contributed by atoms with E-state index in [9.17, 15) is 8.42 Å². The second-order valence-electron chi connectivity index (χ2n) is 3.64. The molecule has 0 bridgehead atoms. The highest BCUT2D eigenvalue weighted by Gasteiger charge is 2.29. The molecule has 1 unspecified atom stereocenters. The van der Waals surface area contributed by atoms with Gasteiger partial charge in [0, 0.05) is 26.2 Å². The van der Waals surface area contributed by atoms with E-state index in [2.05, 4.69) is 10.0 Å². The van der Waals surface area contributed by atoms with Crippen LogP contribution in [-0.2, 0) is 10.2 Å². The van der Waals surface area contributed by atoms with Crippen molar-refractivity contribution in [1.29, 1.82) is 0 Å². The van der Waals surface area contributed by atoms with E-state index >= 15 is 0 Å². The Balaban J connectivity index is 2.58. The molecule has 6 heteroatoms. The maximum Gasteiger partial charge on any atom is 0.279 e. The Hall–Kier alpha value is -0.170. The van der Waals surface area contributed by atoms with E-state index in [1.54, 1.807) is 0 Å². The lowest BCUT2D eigenvalue weighted by Crippen LogP contribution is -2.53. The molecule has 5 nitrogen and oxygen atoms in total. The van der Waals surface area contributed by atoms with Gasteiger partial charge in [0.05, 0.1) is 0 Å². The van der Waals surface area contributed by atoms with Crippen LogP contribution in [0.5, 0.6) is 0 Å². The van der Waals surface area contributed by atoms with Crippen LogP contribution in [0.1, 0.15) is 13.3 Å². The molecule has 14 heavy (non-hydrogen) atoms. The summed E-state index contributed by atoms with van der Waals surface area (Å²) < 4.78 is 27.1. The number of nitrogens with zero attached hydrogens (tertiary/aromatic N) is 1. The predicted octanol–water partition coefficient (Wildman–Crippen LogP) is -0.618. The topological polar surface area (TPSA) is 61.4 Å². The summed E-state index contributed by atoms with van der Waals surface area (Å²) >= 11 is 0. The van der Waals surface area contributed by atoms with E-state index in [0.29, 0.717) is 25.6 Å². The summed E-state index contributed by atoms with van der Waals surface area (Å²) in [5, 5.41) is 3.07. The van der Waals surface area contributed by atoms with E-state index in [-0.39, 0.29) is 0 Å². The second kappa shape index (κ2) is 5.06. The monoisotopic (exact) mass is 221 g/mol. The zero-order chi connectivity index (χ0) is 10.6. The van der Waals surface area contributed by atoms with Gasteiger partial charge in [0.1, 0.15) is 0 Å². The van der Waals surface area contributed by atoms with Crippen molar-refractivity contribution in [2.45, 2.75) is 13.3 Å². The lowest BCUT2D eigenvalue weighted by molar-refractivity contribution is 0.303. The van der Waals surface area contributed by atoms with E-state index in [4.69, 9.17) is 0 Å². The number of hydrogen-bond donors (Lipinski definition) is 2. The number of nitrogens with one attached hydrogen (secondary N) is 2. The van der Waals surface area contributed by atoms with Gasteiger partial charge in [-0.05, 0) is 19.4 Å². The van der Waals surface area contributed by atoms with E-state index in [1.165, 1.54) is 4.31 Å². The van der Waals surface area contributed by atoms with Crippen LogP contribution in [0.2, 0.25) is 0 Å². The van der Waals surface area contributed by atoms with Crippen molar-refractivity contribution in [3.8, 4) is 0 Å². The van der Waals surface area contributed by atoms with Crippen LogP contribution in [-0.4, -0.2) is 45.9 Å². The molecule has 1 heterocycles. The highest BCUT2D eigenvalue weighted by Crippen LogP contribution is 2.10. The molecule has 0 aliphatic carbocycles.